The normalized spacial score (nSPS) is 11.6. The van der Waals surface area contributed by atoms with Gasteiger partial charge < -0.3 is 5.32 Å². The molecule has 0 radical (unpaired) electrons. The third-order valence-corrected chi connectivity index (χ3v) is 3.46. The summed E-state index contributed by atoms with van der Waals surface area (Å²) in [6.07, 6.45) is 0.807. The molecule has 2 heteroatoms. The Hall–Kier alpha value is -2.37. The molecule has 0 heterocycles. The Balaban J connectivity index is 1.96. The molecule has 2 aromatic rings. The highest BCUT2D eigenvalue weighted by Crippen LogP contribution is 2.36. The first-order chi connectivity index (χ1) is 9.81. The molecule has 20 heavy (non-hydrogen) atoms. The second-order valence-electron chi connectivity index (χ2n) is 4.79. The molecule has 1 aliphatic rings. The van der Waals surface area contributed by atoms with Crippen LogP contribution in [0.15, 0.2) is 42.5 Å². The van der Waals surface area contributed by atoms with Gasteiger partial charge in [0.15, 0.2) is 5.78 Å². The zero-order valence-electron chi connectivity index (χ0n) is 11.4. The number of nitrogens with one attached hydrogen (secondary N) is 1. The van der Waals surface area contributed by atoms with E-state index in [-0.39, 0.29) is 5.78 Å². The second-order valence-corrected chi connectivity index (χ2v) is 4.79. The van der Waals surface area contributed by atoms with Gasteiger partial charge in [-0.05, 0) is 30.3 Å². The highest BCUT2D eigenvalue weighted by atomic mass is 16.1. The lowest BCUT2D eigenvalue weighted by atomic mass is 10.0. The molecule has 0 saturated carbocycles. The van der Waals surface area contributed by atoms with Crippen LogP contribution in [0.1, 0.15) is 27.9 Å². The van der Waals surface area contributed by atoms with E-state index in [2.05, 4.69) is 17.2 Å². The lowest BCUT2D eigenvalue weighted by Crippen LogP contribution is -2.05. The molecule has 2 nitrogen and oxygen atoms in total. The molecule has 1 aliphatic carbocycles. The Labute approximate surface area is 118 Å². The average molecular weight is 261 g/mol. The van der Waals surface area contributed by atoms with Gasteiger partial charge in [0, 0.05) is 29.7 Å². The fourth-order valence-electron chi connectivity index (χ4n) is 2.46. The Morgan fingerprint density at radius 3 is 2.55 bits per heavy atom. The second kappa shape index (κ2) is 5.32. The van der Waals surface area contributed by atoms with Gasteiger partial charge in [0.2, 0.25) is 0 Å². The van der Waals surface area contributed by atoms with Crippen LogP contribution in [0.4, 0.5) is 0 Å². The van der Waals surface area contributed by atoms with Gasteiger partial charge in [-0.3, -0.25) is 4.79 Å². The van der Waals surface area contributed by atoms with E-state index in [1.54, 1.807) is 0 Å². The number of fused-ring (bicyclic) bond motifs is 3. The van der Waals surface area contributed by atoms with Gasteiger partial charge in [0.05, 0.1) is 0 Å². The SMILES string of the molecule is CNCCC#Cc1ccc2c(c1)C(=O)c1ccccc1-2. The molecule has 0 amide bonds. The number of ketones is 1. The third kappa shape index (κ3) is 2.13. The average Bonchev–Trinajstić information content (AvgIpc) is 2.77. The standard InChI is InChI=1S/C18H15NO/c1-19-11-5-4-6-13-9-10-15-14-7-2-3-8-16(14)18(20)17(15)12-13/h2-3,7-10,12,19H,5,11H2,1H3. The van der Waals surface area contributed by atoms with Gasteiger partial charge in [-0.2, -0.15) is 0 Å². The van der Waals surface area contributed by atoms with Gasteiger partial charge in [-0.1, -0.05) is 42.2 Å². The summed E-state index contributed by atoms with van der Waals surface area (Å²) in [4.78, 5) is 12.4. The number of carbonyl (C=O) groups excluding carboxylic acids is 1. The van der Waals surface area contributed by atoms with E-state index >= 15 is 0 Å². The lowest BCUT2D eigenvalue weighted by Gasteiger charge is -1.99. The molecular weight excluding hydrogens is 246 g/mol. The molecule has 0 aromatic heterocycles. The molecule has 0 bridgehead atoms. The summed E-state index contributed by atoms with van der Waals surface area (Å²) in [7, 11) is 1.91. The predicted octanol–water partition coefficient (Wildman–Crippen LogP) is 2.86. The zero-order valence-corrected chi connectivity index (χ0v) is 11.4. The van der Waals surface area contributed by atoms with Crippen molar-refractivity contribution in [3.8, 4) is 23.0 Å². The number of hydrogen-bond acceptors (Lipinski definition) is 2. The highest BCUT2D eigenvalue weighted by molar-refractivity contribution is 6.21. The summed E-state index contributed by atoms with van der Waals surface area (Å²) in [5.41, 5.74) is 4.52. The monoisotopic (exact) mass is 261 g/mol. The highest BCUT2D eigenvalue weighted by Gasteiger charge is 2.25. The smallest absolute Gasteiger partial charge is 0.194 e. The Kier molecular flexibility index (Phi) is 3.37. The summed E-state index contributed by atoms with van der Waals surface area (Å²) >= 11 is 0. The van der Waals surface area contributed by atoms with Crippen molar-refractivity contribution in [1.82, 2.24) is 5.32 Å². The first kappa shape index (κ1) is 12.7. The molecule has 0 atom stereocenters. The number of hydrogen-bond donors (Lipinski definition) is 1. The number of carbonyl (C=O) groups is 1. The van der Waals surface area contributed by atoms with Gasteiger partial charge in [-0.15, -0.1) is 0 Å². The first-order valence-corrected chi connectivity index (χ1v) is 6.73. The van der Waals surface area contributed by atoms with E-state index in [9.17, 15) is 4.79 Å². The van der Waals surface area contributed by atoms with Crippen molar-refractivity contribution in [2.24, 2.45) is 0 Å². The fourth-order valence-corrected chi connectivity index (χ4v) is 2.46. The third-order valence-electron chi connectivity index (χ3n) is 3.46. The Morgan fingerprint density at radius 1 is 1.00 bits per heavy atom. The van der Waals surface area contributed by atoms with Crippen LogP contribution in [0.5, 0.6) is 0 Å². The minimum atomic E-state index is 0.106. The largest absolute Gasteiger partial charge is 0.319 e. The van der Waals surface area contributed by atoms with E-state index < -0.39 is 0 Å². The molecule has 0 fully saturated rings. The van der Waals surface area contributed by atoms with E-state index in [0.29, 0.717) is 0 Å². The molecule has 1 N–H and O–H groups in total. The maximum atomic E-state index is 12.4. The molecule has 0 spiro atoms. The van der Waals surface area contributed by atoms with E-state index in [1.807, 2.05) is 49.5 Å². The van der Waals surface area contributed by atoms with Crippen LogP contribution in [0.3, 0.4) is 0 Å². The fraction of sp³-hybridized carbons (Fsp3) is 0.167. The molecule has 3 rings (SSSR count). The molecule has 0 unspecified atom stereocenters. The summed E-state index contributed by atoms with van der Waals surface area (Å²) in [6, 6.07) is 13.6. The van der Waals surface area contributed by atoms with Crippen molar-refractivity contribution in [2.45, 2.75) is 6.42 Å². The summed E-state index contributed by atoms with van der Waals surface area (Å²) in [5, 5.41) is 3.06. The van der Waals surface area contributed by atoms with E-state index in [1.165, 1.54) is 0 Å². The van der Waals surface area contributed by atoms with Crippen molar-refractivity contribution in [1.29, 1.82) is 0 Å². The van der Waals surface area contributed by atoms with E-state index in [4.69, 9.17) is 0 Å². The van der Waals surface area contributed by atoms with Crippen molar-refractivity contribution in [2.75, 3.05) is 13.6 Å². The molecular formula is C18H15NO. The maximum Gasteiger partial charge on any atom is 0.194 e. The van der Waals surface area contributed by atoms with Crippen LogP contribution in [0.25, 0.3) is 11.1 Å². The zero-order chi connectivity index (χ0) is 13.9. The quantitative estimate of drug-likeness (QED) is 0.567. The van der Waals surface area contributed by atoms with Gasteiger partial charge >= 0.3 is 0 Å². The van der Waals surface area contributed by atoms with Crippen molar-refractivity contribution >= 4 is 5.78 Å². The van der Waals surface area contributed by atoms with Crippen LogP contribution in [0, 0.1) is 11.8 Å². The maximum absolute atomic E-state index is 12.4. The predicted molar refractivity (Wildman–Crippen MR) is 80.7 cm³/mol. The Morgan fingerprint density at radius 2 is 1.75 bits per heavy atom. The van der Waals surface area contributed by atoms with Gasteiger partial charge in [-0.25, -0.2) is 0 Å². The first-order valence-electron chi connectivity index (χ1n) is 6.73. The molecule has 0 aliphatic heterocycles. The van der Waals surface area contributed by atoms with Crippen LogP contribution in [-0.2, 0) is 0 Å². The molecule has 0 saturated heterocycles. The number of benzene rings is 2. The summed E-state index contributed by atoms with van der Waals surface area (Å²) in [5.74, 6) is 6.33. The van der Waals surface area contributed by atoms with Gasteiger partial charge in [0.25, 0.3) is 0 Å². The number of rotatable bonds is 2. The summed E-state index contributed by atoms with van der Waals surface area (Å²) < 4.78 is 0. The van der Waals surface area contributed by atoms with E-state index in [0.717, 1.165) is 40.8 Å². The van der Waals surface area contributed by atoms with Gasteiger partial charge in [0.1, 0.15) is 0 Å². The minimum absolute atomic E-state index is 0.106. The Bertz CT molecular complexity index is 735. The molecule has 2 aromatic carbocycles. The minimum Gasteiger partial charge on any atom is -0.319 e. The topological polar surface area (TPSA) is 29.1 Å². The molecule has 98 valence electrons. The van der Waals surface area contributed by atoms with Crippen molar-refractivity contribution in [3.05, 3.63) is 59.2 Å². The van der Waals surface area contributed by atoms with Crippen molar-refractivity contribution < 1.29 is 4.79 Å². The van der Waals surface area contributed by atoms with Crippen LogP contribution < -0.4 is 5.32 Å². The van der Waals surface area contributed by atoms with Crippen molar-refractivity contribution in [3.63, 3.8) is 0 Å². The summed E-state index contributed by atoms with van der Waals surface area (Å²) in [6.45, 7) is 0.877. The van der Waals surface area contributed by atoms with Crippen LogP contribution in [-0.4, -0.2) is 19.4 Å². The van der Waals surface area contributed by atoms with Crippen LogP contribution in [0.2, 0.25) is 0 Å². The van der Waals surface area contributed by atoms with Crippen LogP contribution >= 0.6 is 0 Å². The lowest BCUT2D eigenvalue weighted by molar-refractivity contribution is 0.104.